The number of fused-ring (bicyclic) bond motifs is 1. The minimum absolute atomic E-state index is 0.110. The van der Waals surface area contributed by atoms with Crippen LogP contribution in [0.5, 0.6) is 5.75 Å². The van der Waals surface area contributed by atoms with E-state index in [4.69, 9.17) is 4.74 Å². The smallest absolute Gasteiger partial charge is 0.272 e. The first kappa shape index (κ1) is 21.3. The second-order valence-electron chi connectivity index (χ2n) is 7.53. The topological polar surface area (TPSA) is 73.2 Å². The number of hydrogen-bond donors (Lipinski definition) is 1. The zero-order chi connectivity index (χ0) is 22.5. The van der Waals surface area contributed by atoms with Crippen LogP contribution in [0, 0.1) is 6.92 Å². The SMILES string of the molecule is CCOc1ccc(CNC(=O)c2ccc(Cn3c(=O)c(C)nc4ccccc43)cc2)cc1. The number of rotatable bonds is 7. The predicted molar refractivity (Wildman–Crippen MR) is 125 cm³/mol. The van der Waals surface area contributed by atoms with Gasteiger partial charge in [0.15, 0.2) is 0 Å². The molecule has 0 aliphatic rings. The van der Waals surface area contributed by atoms with Gasteiger partial charge in [0.25, 0.3) is 11.5 Å². The molecule has 0 unspecified atom stereocenters. The highest BCUT2D eigenvalue weighted by Crippen LogP contribution is 2.14. The van der Waals surface area contributed by atoms with E-state index in [2.05, 4.69) is 10.3 Å². The first-order valence-electron chi connectivity index (χ1n) is 10.6. The fraction of sp³-hybridized carbons (Fsp3) is 0.192. The zero-order valence-electron chi connectivity index (χ0n) is 18.2. The summed E-state index contributed by atoms with van der Waals surface area (Å²) < 4.78 is 7.16. The van der Waals surface area contributed by atoms with Crippen molar-refractivity contribution in [3.8, 4) is 5.75 Å². The van der Waals surface area contributed by atoms with Crippen LogP contribution in [0.1, 0.15) is 34.1 Å². The molecule has 0 bridgehead atoms. The number of nitrogens with one attached hydrogen (secondary N) is 1. The molecule has 4 rings (SSSR count). The van der Waals surface area contributed by atoms with Crippen molar-refractivity contribution in [1.29, 1.82) is 0 Å². The lowest BCUT2D eigenvalue weighted by Crippen LogP contribution is -2.25. The number of para-hydroxylation sites is 2. The Labute approximate surface area is 186 Å². The summed E-state index contributed by atoms with van der Waals surface area (Å²) in [5.74, 6) is 0.669. The molecular formula is C26H25N3O3. The van der Waals surface area contributed by atoms with Crippen LogP contribution in [0.4, 0.5) is 0 Å². The molecule has 6 nitrogen and oxygen atoms in total. The maximum atomic E-state index is 12.7. The van der Waals surface area contributed by atoms with E-state index in [0.29, 0.717) is 31.0 Å². The minimum Gasteiger partial charge on any atom is -0.494 e. The summed E-state index contributed by atoms with van der Waals surface area (Å²) in [6.45, 7) is 5.14. The van der Waals surface area contributed by atoms with Crippen LogP contribution < -0.4 is 15.6 Å². The number of carbonyl (C=O) groups is 1. The molecule has 0 saturated carbocycles. The van der Waals surface area contributed by atoms with Crippen molar-refractivity contribution < 1.29 is 9.53 Å². The van der Waals surface area contributed by atoms with Crippen LogP contribution in [0.25, 0.3) is 11.0 Å². The standard InChI is InChI=1S/C26H25N3O3/c1-3-32-22-14-10-19(11-15-22)16-27-25(30)21-12-8-20(9-13-21)17-29-24-7-5-4-6-23(24)28-18(2)26(29)31/h4-15H,3,16-17H2,1-2H3,(H,27,30). The van der Waals surface area contributed by atoms with Crippen molar-refractivity contribution in [2.24, 2.45) is 0 Å². The molecule has 1 N–H and O–H groups in total. The summed E-state index contributed by atoms with van der Waals surface area (Å²) >= 11 is 0. The van der Waals surface area contributed by atoms with Crippen molar-refractivity contribution in [3.63, 3.8) is 0 Å². The Balaban J connectivity index is 1.44. The van der Waals surface area contributed by atoms with Gasteiger partial charge in [-0.05, 0) is 61.4 Å². The number of amides is 1. The summed E-state index contributed by atoms with van der Waals surface area (Å²) in [6.07, 6.45) is 0. The molecule has 4 aromatic rings. The molecule has 0 aliphatic carbocycles. The molecule has 0 fully saturated rings. The Morgan fingerprint density at radius 1 is 0.969 bits per heavy atom. The number of carbonyl (C=O) groups excluding carboxylic acids is 1. The third kappa shape index (κ3) is 4.70. The van der Waals surface area contributed by atoms with Crippen molar-refractivity contribution >= 4 is 16.9 Å². The first-order valence-corrected chi connectivity index (χ1v) is 10.6. The summed E-state index contributed by atoms with van der Waals surface area (Å²) in [7, 11) is 0. The van der Waals surface area contributed by atoms with Gasteiger partial charge in [-0.25, -0.2) is 4.98 Å². The lowest BCUT2D eigenvalue weighted by atomic mass is 10.1. The van der Waals surface area contributed by atoms with Gasteiger partial charge in [-0.2, -0.15) is 0 Å². The number of aromatic nitrogens is 2. The Bertz CT molecular complexity index is 1290. The van der Waals surface area contributed by atoms with Crippen molar-refractivity contribution in [1.82, 2.24) is 14.9 Å². The second-order valence-corrected chi connectivity index (χ2v) is 7.53. The molecule has 6 heteroatoms. The number of hydrogen-bond acceptors (Lipinski definition) is 4. The number of nitrogens with zero attached hydrogens (tertiary/aromatic N) is 2. The highest BCUT2D eigenvalue weighted by atomic mass is 16.5. The highest BCUT2D eigenvalue weighted by molar-refractivity contribution is 5.94. The van der Waals surface area contributed by atoms with Crippen molar-refractivity contribution in [3.05, 3.63) is 106 Å². The van der Waals surface area contributed by atoms with Crippen LogP contribution >= 0.6 is 0 Å². The molecule has 3 aromatic carbocycles. The van der Waals surface area contributed by atoms with E-state index in [1.165, 1.54) is 0 Å². The molecule has 0 radical (unpaired) electrons. The van der Waals surface area contributed by atoms with Crippen molar-refractivity contribution in [2.75, 3.05) is 6.61 Å². The van der Waals surface area contributed by atoms with Crippen LogP contribution in [0.15, 0.2) is 77.6 Å². The maximum absolute atomic E-state index is 12.7. The maximum Gasteiger partial charge on any atom is 0.272 e. The third-order valence-corrected chi connectivity index (χ3v) is 5.26. The van der Waals surface area contributed by atoms with E-state index in [9.17, 15) is 9.59 Å². The molecule has 0 aliphatic heterocycles. The van der Waals surface area contributed by atoms with Gasteiger partial charge in [0.1, 0.15) is 11.4 Å². The summed E-state index contributed by atoms with van der Waals surface area (Å²) in [5, 5.41) is 2.93. The van der Waals surface area contributed by atoms with Gasteiger partial charge >= 0.3 is 0 Å². The van der Waals surface area contributed by atoms with Gasteiger partial charge in [-0.1, -0.05) is 36.4 Å². The summed E-state index contributed by atoms with van der Waals surface area (Å²) in [5.41, 5.74) is 4.44. The normalized spacial score (nSPS) is 10.8. The van der Waals surface area contributed by atoms with Gasteiger partial charge in [0.2, 0.25) is 0 Å². The summed E-state index contributed by atoms with van der Waals surface area (Å²) in [6, 6.07) is 22.6. The highest BCUT2D eigenvalue weighted by Gasteiger charge is 2.10. The Morgan fingerprint density at radius 3 is 2.38 bits per heavy atom. The number of ether oxygens (including phenoxy) is 1. The fourth-order valence-electron chi connectivity index (χ4n) is 3.58. The lowest BCUT2D eigenvalue weighted by molar-refractivity contribution is 0.0951. The van der Waals surface area contributed by atoms with E-state index >= 15 is 0 Å². The molecule has 1 amide bonds. The summed E-state index contributed by atoms with van der Waals surface area (Å²) in [4.78, 5) is 29.6. The third-order valence-electron chi connectivity index (χ3n) is 5.26. The van der Waals surface area contributed by atoms with E-state index in [-0.39, 0.29) is 11.5 Å². The largest absolute Gasteiger partial charge is 0.494 e. The average Bonchev–Trinajstić information content (AvgIpc) is 2.82. The average molecular weight is 428 g/mol. The van der Waals surface area contributed by atoms with Crippen LogP contribution in [-0.2, 0) is 13.1 Å². The van der Waals surface area contributed by atoms with Crippen molar-refractivity contribution in [2.45, 2.75) is 26.9 Å². The van der Waals surface area contributed by atoms with E-state index in [1.807, 2.05) is 67.6 Å². The predicted octanol–water partition coefficient (Wildman–Crippen LogP) is 4.08. The Morgan fingerprint density at radius 2 is 1.66 bits per heavy atom. The minimum atomic E-state index is -0.146. The van der Waals surface area contributed by atoms with Gasteiger partial charge in [-0.3, -0.25) is 9.59 Å². The monoisotopic (exact) mass is 427 g/mol. The zero-order valence-corrected chi connectivity index (χ0v) is 18.2. The molecule has 1 heterocycles. The molecule has 32 heavy (non-hydrogen) atoms. The fourth-order valence-corrected chi connectivity index (χ4v) is 3.58. The number of benzene rings is 3. The van der Waals surface area contributed by atoms with E-state index in [0.717, 1.165) is 27.9 Å². The van der Waals surface area contributed by atoms with Crippen LogP contribution in [0.2, 0.25) is 0 Å². The molecule has 0 atom stereocenters. The lowest BCUT2D eigenvalue weighted by Gasteiger charge is -2.12. The van der Waals surface area contributed by atoms with E-state index in [1.54, 1.807) is 23.6 Å². The molecular weight excluding hydrogens is 402 g/mol. The molecule has 0 saturated heterocycles. The van der Waals surface area contributed by atoms with Gasteiger partial charge in [0.05, 0.1) is 24.2 Å². The number of aryl methyl sites for hydroxylation is 1. The van der Waals surface area contributed by atoms with E-state index < -0.39 is 0 Å². The molecule has 0 spiro atoms. The van der Waals surface area contributed by atoms with Crippen LogP contribution in [-0.4, -0.2) is 22.1 Å². The Kier molecular flexibility index (Phi) is 6.31. The van der Waals surface area contributed by atoms with Gasteiger partial charge < -0.3 is 14.6 Å². The van der Waals surface area contributed by atoms with Gasteiger partial charge in [0, 0.05) is 12.1 Å². The molecule has 1 aromatic heterocycles. The quantitative estimate of drug-likeness (QED) is 0.482. The van der Waals surface area contributed by atoms with Gasteiger partial charge in [-0.15, -0.1) is 0 Å². The molecule has 162 valence electrons. The second kappa shape index (κ2) is 9.47. The van der Waals surface area contributed by atoms with Crippen LogP contribution in [0.3, 0.4) is 0 Å². The first-order chi connectivity index (χ1) is 15.5. The Hall–Kier alpha value is -3.93.